The molecule has 0 bridgehead atoms. The van der Waals surface area contributed by atoms with Crippen LogP contribution in [0.1, 0.15) is 24.2 Å². The molecule has 100 valence electrons. The Labute approximate surface area is 106 Å². The predicted molar refractivity (Wildman–Crippen MR) is 68.1 cm³/mol. The fourth-order valence-electron chi connectivity index (χ4n) is 1.42. The maximum Gasteiger partial charge on any atom is 0.255 e. The van der Waals surface area contributed by atoms with Gasteiger partial charge in [-0.25, -0.2) is 4.39 Å². The van der Waals surface area contributed by atoms with E-state index in [1.807, 2.05) is 6.92 Å². The third kappa shape index (κ3) is 3.70. The first-order chi connectivity index (χ1) is 8.60. The van der Waals surface area contributed by atoms with Crippen molar-refractivity contribution >= 4 is 5.91 Å². The number of ether oxygens (including phenoxy) is 1. The van der Waals surface area contributed by atoms with Crippen LogP contribution in [0.2, 0.25) is 0 Å². The van der Waals surface area contributed by atoms with Crippen molar-refractivity contribution in [3.8, 4) is 5.75 Å². The van der Waals surface area contributed by atoms with Gasteiger partial charge in [0.25, 0.3) is 5.91 Å². The number of carbonyl (C=O) groups is 1. The second-order valence-corrected chi connectivity index (χ2v) is 4.10. The summed E-state index contributed by atoms with van der Waals surface area (Å²) in [5.41, 5.74) is 5.67. The summed E-state index contributed by atoms with van der Waals surface area (Å²) < 4.78 is 18.7. The van der Waals surface area contributed by atoms with Gasteiger partial charge in [-0.1, -0.05) is 13.0 Å². The molecule has 1 atom stereocenters. The van der Waals surface area contributed by atoms with E-state index in [0.29, 0.717) is 19.7 Å². The summed E-state index contributed by atoms with van der Waals surface area (Å²) in [6, 6.07) is 4.29. The van der Waals surface area contributed by atoms with Crippen molar-refractivity contribution in [2.75, 3.05) is 19.7 Å². The first-order valence-electron chi connectivity index (χ1n) is 5.99. The molecule has 4 nitrogen and oxygen atoms in total. The molecule has 0 aliphatic heterocycles. The van der Waals surface area contributed by atoms with Crippen molar-refractivity contribution in [2.45, 2.75) is 13.8 Å². The summed E-state index contributed by atoms with van der Waals surface area (Å²) in [6.45, 7) is 4.92. The van der Waals surface area contributed by atoms with Gasteiger partial charge in [0.05, 0.1) is 12.2 Å². The van der Waals surface area contributed by atoms with Gasteiger partial charge in [0.15, 0.2) is 11.6 Å². The van der Waals surface area contributed by atoms with Crippen molar-refractivity contribution in [2.24, 2.45) is 11.7 Å². The summed E-state index contributed by atoms with van der Waals surface area (Å²) in [5, 5.41) is 2.71. The maximum atomic E-state index is 13.5. The van der Waals surface area contributed by atoms with Gasteiger partial charge in [-0.15, -0.1) is 0 Å². The van der Waals surface area contributed by atoms with E-state index in [0.717, 1.165) is 0 Å². The molecule has 0 saturated carbocycles. The molecular formula is C13H19FN2O2. The Morgan fingerprint density at radius 1 is 1.56 bits per heavy atom. The molecule has 1 unspecified atom stereocenters. The van der Waals surface area contributed by atoms with Crippen LogP contribution in [0.25, 0.3) is 0 Å². The summed E-state index contributed by atoms with van der Waals surface area (Å²) in [5.74, 6) is -0.703. The van der Waals surface area contributed by atoms with E-state index in [-0.39, 0.29) is 23.1 Å². The van der Waals surface area contributed by atoms with Gasteiger partial charge in [0, 0.05) is 6.54 Å². The lowest BCUT2D eigenvalue weighted by molar-refractivity contribution is 0.0943. The quantitative estimate of drug-likeness (QED) is 0.809. The Morgan fingerprint density at radius 3 is 2.89 bits per heavy atom. The molecule has 0 radical (unpaired) electrons. The Morgan fingerprint density at radius 2 is 2.28 bits per heavy atom. The minimum Gasteiger partial charge on any atom is -0.490 e. The molecular weight excluding hydrogens is 235 g/mol. The number of amides is 1. The fraction of sp³-hybridized carbons (Fsp3) is 0.462. The molecule has 1 aromatic carbocycles. The average molecular weight is 254 g/mol. The van der Waals surface area contributed by atoms with E-state index in [2.05, 4.69) is 5.32 Å². The third-order valence-electron chi connectivity index (χ3n) is 2.51. The van der Waals surface area contributed by atoms with E-state index in [1.54, 1.807) is 6.92 Å². The fourth-order valence-corrected chi connectivity index (χ4v) is 1.42. The zero-order valence-corrected chi connectivity index (χ0v) is 10.7. The zero-order chi connectivity index (χ0) is 13.5. The Balaban J connectivity index is 2.81. The molecule has 0 aliphatic rings. The number of para-hydroxylation sites is 1. The van der Waals surface area contributed by atoms with Gasteiger partial charge in [0.2, 0.25) is 0 Å². The van der Waals surface area contributed by atoms with Crippen LogP contribution >= 0.6 is 0 Å². The minimum absolute atomic E-state index is 0.00194. The van der Waals surface area contributed by atoms with Gasteiger partial charge in [0.1, 0.15) is 0 Å². The van der Waals surface area contributed by atoms with Crippen LogP contribution in [0.15, 0.2) is 18.2 Å². The number of hydrogen-bond donors (Lipinski definition) is 2. The van der Waals surface area contributed by atoms with Gasteiger partial charge in [-0.2, -0.15) is 0 Å². The first kappa shape index (κ1) is 14.4. The van der Waals surface area contributed by atoms with Crippen LogP contribution in [0, 0.1) is 11.7 Å². The summed E-state index contributed by atoms with van der Waals surface area (Å²) >= 11 is 0. The van der Waals surface area contributed by atoms with E-state index >= 15 is 0 Å². The lowest BCUT2D eigenvalue weighted by Crippen LogP contribution is -2.31. The maximum absolute atomic E-state index is 13.5. The van der Waals surface area contributed by atoms with Crippen molar-refractivity contribution in [3.05, 3.63) is 29.6 Å². The predicted octanol–water partition coefficient (Wildman–Crippen LogP) is 1.55. The van der Waals surface area contributed by atoms with Gasteiger partial charge < -0.3 is 15.8 Å². The largest absolute Gasteiger partial charge is 0.490 e. The van der Waals surface area contributed by atoms with Crippen LogP contribution in [0.3, 0.4) is 0 Å². The van der Waals surface area contributed by atoms with Crippen LogP contribution < -0.4 is 15.8 Å². The highest BCUT2D eigenvalue weighted by molar-refractivity contribution is 5.96. The average Bonchev–Trinajstić information content (AvgIpc) is 2.38. The number of nitrogens with two attached hydrogens (primary N) is 1. The molecule has 1 rings (SSSR count). The SMILES string of the molecule is CCOc1c(F)cccc1C(=O)NCC(C)CN. The van der Waals surface area contributed by atoms with Crippen molar-refractivity contribution in [3.63, 3.8) is 0 Å². The smallest absolute Gasteiger partial charge is 0.255 e. The van der Waals surface area contributed by atoms with Gasteiger partial charge >= 0.3 is 0 Å². The molecule has 0 saturated heterocycles. The normalized spacial score (nSPS) is 12.0. The van der Waals surface area contributed by atoms with E-state index in [1.165, 1.54) is 18.2 Å². The first-order valence-corrected chi connectivity index (χ1v) is 5.99. The van der Waals surface area contributed by atoms with Crippen LogP contribution in [-0.2, 0) is 0 Å². The molecule has 0 aliphatic carbocycles. The van der Waals surface area contributed by atoms with E-state index in [4.69, 9.17) is 10.5 Å². The van der Waals surface area contributed by atoms with Crippen molar-refractivity contribution in [1.82, 2.24) is 5.32 Å². The number of hydrogen-bond acceptors (Lipinski definition) is 3. The molecule has 1 aromatic rings. The molecule has 0 heterocycles. The zero-order valence-electron chi connectivity index (χ0n) is 10.7. The highest BCUT2D eigenvalue weighted by Gasteiger charge is 2.16. The Kier molecular flexibility index (Phi) is 5.58. The number of nitrogens with one attached hydrogen (secondary N) is 1. The van der Waals surface area contributed by atoms with Crippen LogP contribution in [0.4, 0.5) is 4.39 Å². The second kappa shape index (κ2) is 6.96. The summed E-state index contributed by atoms with van der Waals surface area (Å²) in [4.78, 5) is 11.9. The second-order valence-electron chi connectivity index (χ2n) is 4.10. The minimum atomic E-state index is -0.531. The van der Waals surface area contributed by atoms with Gasteiger partial charge in [-0.3, -0.25) is 4.79 Å². The molecule has 1 amide bonds. The Bertz CT molecular complexity index is 410. The number of halogens is 1. The van der Waals surface area contributed by atoms with Crippen molar-refractivity contribution in [1.29, 1.82) is 0 Å². The number of rotatable bonds is 6. The highest BCUT2D eigenvalue weighted by Crippen LogP contribution is 2.22. The van der Waals surface area contributed by atoms with E-state index in [9.17, 15) is 9.18 Å². The Hall–Kier alpha value is -1.62. The summed E-state index contributed by atoms with van der Waals surface area (Å²) in [6.07, 6.45) is 0. The number of carbonyl (C=O) groups excluding carboxylic acids is 1. The molecule has 0 fully saturated rings. The molecule has 0 spiro atoms. The molecule has 3 N–H and O–H groups in total. The molecule has 18 heavy (non-hydrogen) atoms. The highest BCUT2D eigenvalue weighted by atomic mass is 19.1. The lowest BCUT2D eigenvalue weighted by Gasteiger charge is -2.13. The monoisotopic (exact) mass is 254 g/mol. The molecule has 0 aromatic heterocycles. The standard InChI is InChI=1S/C13H19FN2O2/c1-3-18-12-10(5-4-6-11(12)14)13(17)16-8-9(2)7-15/h4-6,9H,3,7-8,15H2,1-2H3,(H,16,17). The number of benzene rings is 1. The van der Waals surface area contributed by atoms with Crippen molar-refractivity contribution < 1.29 is 13.9 Å². The molecule has 5 heteroatoms. The lowest BCUT2D eigenvalue weighted by atomic mass is 10.1. The third-order valence-corrected chi connectivity index (χ3v) is 2.51. The van der Waals surface area contributed by atoms with E-state index < -0.39 is 5.82 Å². The topological polar surface area (TPSA) is 64.3 Å². The van der Waals surface area contributed by atoms with Crippen LogP contribution in [-0.4, -0.2) is 25.6 Å². The van der Waals surface area contributed by atoms with Gasteiger partial charge in [-0.05, 0) is 31.5 Å². The summed E-state index contributed by atoms with van der Waals surface area (Å²) in [7, 11) is 0. The van der Waals surface area contributed by atoms with Crippen LogP contribution in [0.5, 0.6) is 5.75 Å².